The molecule has 0 aliphatic carbocycles. The zero-order valence-electron chi connectivity index (χ0n) is 17.5. The average molecular weight is 406 g/mol. The third kappa shape index (κ3) is 4.22. The standard InChI is InChI=1S/C23H27N5O2/c1-15-12-16(2)28(27-15)20-8-4-18(5-9-20)23(29)24-13-19-14-25-26-22(19)17-6-10-21(30-3)11-7-17/h4-12,19,22,25-26H,13-14H2,1-3H3,(H,24,29). The van der Waals surface area contributed by atoms with E-state index in [0.717, 1.165) is 34.9 Å². The maximum absolute atomic E-state index is 12.7. The number of hydrazine groups is 1. The Morgan fingerprint density at radius 1 is 1.17 bits per heavy atom. The van der Waals surface area contributed by atoms with Crippen LogP contribution in [0.15, 0.2) is 54.6 Å². The van der Waals surface area contributed by atoms with Crippen molar-refractivity contribution in [1.82, 2.24) is 25.9 Å². The normalized spacial score (nSPS) is 18.4. The van der Waals surface area contributed by atoms with Gasteiger partial charge in [-0.05, 0) is 61.9 Å². The molecule has 3 N–H and O–H groups in total. The number of nitrogens with zero attached hydrogens (tertiary/aromatic N) is 2. The summed E-state index contributed by atoms with van der Waals surface area (Å²) in [6, 6.07) is 17.7. The molecule has 2 heterocycles. The van der Waals surface area contributed by atoms with Crippen molar-refractivity contribution >= 4 is 5.91 Å². The average Bonchev–Trinajstić information content (AvgIpc) is 3.37. The topological polar surface area (TPSA) is 80.2 Å². The lowest BCUT2D eigenvalue weighted by Gasteiger charge is -2.19. The van der Waals surface area contributed by atoms with Crippen molar-refractivity contribution in [3.05, 3.63) is 77.1 Å². The van der Waals surface area contributed by atoms with Crippen molar-refractivity contribution in [1.29, 1.82) is 0 Å². The minimum Gasteiger partial charge on any atom is -0.497 e. The monoisotopic (exact) mass is 405 g/mol. The molecule has 1 aliphatic rings. The minimum absolute atomic E-state index is 0.0738. The third-order valence-corrected chi connectivity index (χ3v) is 5.48. The summed E-state index contributed by atoms with van der Waals surface area (Å²) >= 11 is 0. The lowest BCUT2D eigenvalue weighted by atomic mass is 9.94. The first-order chi connectivity index (χ1) is 14.5. The van der Waals surface area contributed by atoms with E-state index in [1.165, 1.54) is 0 Å². The SMILES string of the molecule is COc1ccc(C2NNCC2CNC(=O)c2ccc(-n3nc(C)cc3C)cc2)cc1. The highest BCUT2D eigenvalue weighted by Gasteiger charge is 2.28. The number of hydrogen-bond acceptors (Lipinski definition) is 5. The predicted octanol–water partition coefficient (Wildman–Crippen LogP) is 2.69. The van der Waals surface area contributed by atoms with E-state index in [0.29, 0.717) is 12.1 Å². The smallest absolute Gasteiger partial charge is 0.251 e. The Kier molecular flexibility index (Phi) is 5.83. The second-order valence-corrected chi connectivity index (χ2v) is 7.63. The first kappa shape index (κ1) is 20.1. The van der Waals surface area contributed by atoms with Crippen LogP contribution in [-0.2, 0) is 0 Å². The Morgan fingerprint density at radius 2 is 1.90 bits per heavy atom. The third-order valence-electron chi connectivity index (χ3n) is 5.48. The van der Waals surface area contributed by atoms with Gasteiger partial charge in [0.15, 0.2) is 0 Å². The summed E-state index contributed by atoms with van der Waals surface area (Å²) < 4.78 is 7.11. The Morgan fingerprint density at radius 3 is 2.53 bits per heavy atom. The largest absolute Gasteiger partial charge is 0.497 e. The van der Waals surface area contributed by atoms with E-state index in [9.17, 15) is 4.79 Å². The fourth-order valence-corrected chi connectivity index (χ4v) is 3.86. The van der Waals surface area contributed by atoms with E-state index in [-0.39, 0.29) is 17.9 Å². The molecule has 3 aromatic rings. The van der Waals surface area contributed by atoms with Crippen LogP contribution in [0.2, 0.25) is 0 Å². The highest BCUT2D eigenvalue weighted by Crippen LogP contribution is 2.26. The number of benzene rings is 2. The van der Waals surface area contributed by atoms with E-state index in [4.69, 9.17) is 4.74 Å². The number of hydrogen-bond donors (Lipinski definition) is 3. The van der Waals surface area contributed by atoms with Crippen molar-refractivity contribution in [2.75, 3.05) is 20.2 Å². The van der Waals surface area contributed by atoms with Crippen LogP contribution in [0, 0.1) is 19.8 Å². The highest BCUT2D eigenvalue weighted by molar-refractivity contribution is 5.94. The van der Waals surface area contributed by atoms with E-state index < -0.39 is 0 Å². The van der Waals surface area contributed by atoms with Gasteiger partial charge < -0.3 is 10.1 Å². The van der Waals surface area contributed by atoms with Crippen molar-refractivity contribution in [2.24, 2.45) is 5.92 Å². The fraction of sp³-hybridized carbons (Fsp3) is 0.304. The van der Waals surface area contributed by atoms with E-state index in [1.807, 2.05) is 61.0 Å². The van der Waals surface area contributed by atoms with Crippen molar-refractivity contribution in [2.45, 2.75) is 19.9 Å². The number of methoxy groups -OCH3 is 1. The van der Waals surface area contributed by atoms with Crippen LogP contribution in [-0.4, -0.2) is 35.9 Å². The summed E-state index contributed by atoms with van der Waals surface area (Å²) in [5, 5.41) is 7.56. The summed E-state index contributed by atoms with van der Waals surface area (Å²) in [7, 11) is 1.66. The number of rotatable bonds is 6. The van der Waals surface area contributed by atoms with Gasteiger partial charge in [-0.3, -0.25) is 10.2 Å². The summed E-state index contributed by atoms with van der Waals surface area (Å²) in [6.07, 6.45) is 0. The number of ether oxygens (including phenoxy) is 1. The molecule has 4 rings (SSSR count). The van der Waals surface area contributed by atoms with Crippen LogP contribution in [0.1, 0.15) is 33.4 Å². The number of aromatic nitrogens is 2. The second kappa shape index (κ2) is 8.69. The second-order valence-electron chi connectivity index (χ2n) is 7.63. The van der Waals surface area contributed by atoms with Gasteiger partial charge in [0, 0.05) is 30.3 Å². The summed E-state index contributed by atoms with van der Waals surface area (Å²) in [5.74, 6) is 1.00. The molecule has 2 unspecified atom stereocenters. The molecule has 7 heteroatoms. The molecule has 1 aliphatic heterocycles. The van der Waals surface area contributed by atoms with E-state index in [1.54, 1.807) is 7.11 Å². The fourth-order valence-electron chi connectivity index (χ4n) is 3.86. The predicted molar refractivity (Wildman–Crippen MR) is 116 cm³/mol. The van der Waals surface area contributed by atoms with Gasteiger partial charge in [0.05, 0.1) is 24.5 Å². The molecule has 30 heavy (non-hydrogen) atoms. The molecule has 1 fully saturated rings. The number of amides is 1. The van der Waals surface area contributed by atoms with Gasteiger partial charge in [0.2, 0.25) is 0 Å². The van der Waals surface area contributed by atoms with Crippen LogP contribution in [0.3, 0.4) is 0 Å². The van der Waals surface area contributed by atoms with E-state index >= 15 is 0 Å². The van der Waals surface area contributed by atoms with Gasteiger partial charge in [-0.1, -0.05) is 12.1 Å². The van der Waals surface area contributed by atoms with Gasteiger partial charge in [-0.2, -0.15) is 5.10 Å². The van der Waals surface area contributed by atoms with Crippen molar-refractivity contribution < 1.29 is 9.53 Å². The van der Waals surface area contributed by atoms with Crippen LogP contribution >= 0.6 is 0 Å². The Hall–Kier alpha value is -3.16. The number of carbonyl (C=O) groups excluding carboxylic acids is 1. The van der Waals surface area contributed by atoms with Crippen molar-refractivity contribution in [3.8, 4) is 11.4 Å². The Bertz CT molecular complexity index is 1010. The summed E-state index contributed by atoms with van der Waals surface area (Å²) in [4.78, 5) is 12.7. The molecule has 1 amide bonds. The lowest BCUT2D eigenvalue weighted by Crippen LogP contribution is -2.32. The van der Waals surface area contributed by atoms with Crippen LogP contribution in [0.4, 0.5) is 0 Å². The summed E-state index contributed by atoms with van der Waals surface area (Å²) in [6.45, 7) is 5.35. The first-order valence-electron chi connectivity index (χ1n) is 10.1. The molecular weight excluding hydrogens is 378 g/mol. The Labute approximate surface area is 176 Å². The van der Waals surface area contributed by atoms with Gasteiger partial charge >= 0.3 is 0 Å². The molecule has 0 radical (unpaired) electrons. The minimum atomic E-state index is -0.0738. The zero-order valence-corrected chi connectivity index (χ0v) is 17.5. The molecule has 2 aromatic carbocycles. The quantitative estimate of drug-likeness (QED) is 0.588. The van der Waals surface area contributed by atoms with Gasteiger partial charge in [0.1, 0.15) is 5.75 Å². The molecule has 0 bridgehead atoms. The number of aryl methyl sites for hydroxylation is 2. The van der Waals surface area contributed by atoms with Crippen LogP contribution in [0.5, 0.6) is 5.75 Å². The lowest BCUT2D eigenvalue weighted by molar-refractivity contribution is 0.0947. The number of nitrogens with one attached hydrogen (secondary N) is 3. The molecular formula is C23H27N5O2. The molecule has 0 saturated carbocycles. The zero-order chi connectivity index (χ0) is 21.1. The molecule has 1 aromatic heterocycles. The molecule has 156 valence electrons. The van der Waals surface area contributed by atoms with Gasteiger partial charge in [-0.25, -0.2) is 10.1 Å². The highest BCUT2D eigenvalue weighted by atomic mass is 16.5. The van der Waals surface area contributed by atoms with Gasteiger partial charge in [0.25, 0.3) is 5.91 Å². The maximum atomic E-state index is 12.7. The molecule has 7 nitrogen and oxygen atoms in total. The molecule has 2 atom stereocenters. The van der Waals surface area contributed by atoms with Crippen LogP contribution < -0.4 is 20.9 Å². The van der Waals surface area contributed by atoms with E-state index in [2.05, 4.69) is 33.4 Å². The van der Waals surface area contributed by atoms with Crippen LogP contribution in [0.25, 0.3) is 5.69 Å². The van der Waals surface area contributed by atoms with Crippen molar-refractivity contribution in [3.63, 3.8) is 0 Å². The van der Waals surface area contributed by atoms with Gasteiger partial charge in [-0.15, -0.1) is 0 Å². The first-order valence-corrected chi connectivity index (χ1v) is 10.1. The Balaban J connectivity index is 1.38. The maximum Gasteiger partial charge on any atom is 0.251 e. The molecule has 0 spiro atoms. The number of carbonyl (C=O) groups is 1. The summed E-state index contributed by atoms with van der Waals surface area (Å²) in [5.41, 5.74) is 11.3. The molecule has 1 saturated heterocycles.